The van der Waals surface area contributed by atoms with Crippen LogP contribution in [0.15, 0.2) is 24.3 Å². The fraction of sp³-hybridized carbons (Fsp3) is 0.125. The fourth-order valence-electron chi connectivity index (χ4n) is 0.689. The van der Waals surface area contributed by atoms with Gasteiger partial charge in [0.15, 0.2) is 13.9 Å². The van der Waals surface area contributed by atoms with Crippen molar-refractivity contribution >= 4 is 0 Å². The van der Waals surface area contributed by atoms with E-state index in [1.54, 1.807) is 24.3 Å². The smallest absolute Gasteiger partial charge is 0.186 e. The quantitative estimate of drug-likeness (QED) is 0.658. The van der Waals surface area contributed by atoms with Crippen LogP contribution in [0.4, 0.5) is 0 Å². The molecule has 0 aliphatic carbocycles. The first-order valence-electron chi connectivity index (χ1n) is 3.07. The van der Waals surface area contributed by atoms with E-state index in [-0.39, 0.29) is 6.79 Å². The highest BCUT2D eigenvalue weighted by Gasteiger charge is 1.92. The monoisotopic (exact) mass is 152 g/mol. The maximum absolute atomic E-state index is 8.37. The molecule has 1 aromatic carbocycles. The number of aliphatic hydroxyl groups is 1. The molecule has 0 aliphatic heterocycles. The molecular weight excluding hydrogens is 144 g/mol. The molecule has 0 unspecified atom stereocenters. The van der Waals surface area contributed by atoms with Gasteiger partial charge in [-0.25, -0.2) is 0 Å². The first-order chi connectivity index (χ1) is 5.36. The molecule has 0 aromatic heterocycles. The number of benzene rings is 1. The highest BCUT2D eigenvalue weighted by molar-refractivity contribution is 5.31. The van der Waals surface area contributed by atoms with Gasteiger partial charge in [0, 0.05) is 0 Å². The van der Waals surface area contributed by atoms with Gasteiger partial charge in [-0.05, 0) is 24.3 Å². The van der Waals surface area contributed by atoms with Gasteiger partial charge in [-0.3, -0.25) is 0 Å². The van der Waals surface area contributed by atoms with E-state index in [0.717, 1.165) is 0 Å². The molecule has 0 amide bonds. The Morgan fingerprint density at radius 3 is 2.18 bits per heavy atom. The van der Waals surface area contributed by atoms with E-state index in [1.807, 2.05) is 0 Å². The lowest BCUT2D eigenvalue weighted by Gasteiger charge is -2.02. The molecule has 11 heavy (non-hydrogen) atoms. The molecule has 0 aliphatic rings. The molecule has 1 rings (SSSR count). The van der Waals surface area contributed by atoms with E-state index in [2.05, 4.69) is 4.74 Å². The summed E-state index contributed by atoms with van der Waals surface area (Å²) in [7, 11) is 4.88. The van der Waals surface area contributed by atoms with Gasteiger partial charge >= 0.3 is 0 Å². The summed E-state index contributed by atoms with van der Waals surface area (Å²) in [6, 6.07) is 6.59. The van der Waals surface area contributed by atoms with Gasteiger partial charge in [-0.2, -0.15) is 0 Å². The largest absolute Gasteiger partial charge is 0.482 e. The molecule has 58 valence electrons. The molecule has 0 saturated heterocycles. The molecule has 0 atom stereocenters. The minimum absolute atomic E-state index is 0.331. The van der Waals surface area contributed by atoms with Crippen LogP contribution in [0.1, 0.15) is 0 Å². The molecule has 0 saturated carbocycles. The van der Waals surface area contributed by atoms with Crippen molar-refractivity contribution in [1.29, 1.82) is 0 Å². The summed E-state index contributed by atoms with van der Waals surface area (Å²) in [5, 5.41) is 8.37. The van der Waals surface area contributed by atoms with Gasteiger partial charge < -0.3 is 14.6 Å². The summed E-state index contributed by atoms with van der Waals surface area (Å²) in [6.45, 7) is -0.331. The van der Waals surface area contributed by atoms with E-state index in [1.165, 1.54) is 0 Å². The van der Waals surface area contributed by atoms with Gasteiger partial charge in [-0.1, -0.05) is 0 Å². The van der Waals surface area contributed by atoms with Gasteiger partial charge in [0.05, 0.1) is 0 Å². The van der Waals surface area contributed by atoms with Crippen LogP contribution >= 0.6 is 0 Å². The zero-order chi connectivity index (χ0) is 8.10. The highest BCUT2D eigenvalue weighted by atomic mass is 16.6. The Morgan fingerprint density at radius 2 is 1.73 bits per heavy atom. The van der Waals surface area contributed by atoms with Crippen molar-refractivity contribution in [2.45, 2.75) is 0 Å². The van der Waals surface area contributed by atoms with Gasteiger partial charge in [0.1, 0.15) is 11.5 Å². The van der Waals surface area contributed by atoms with Crippen molar-refractivity contribution < 1.29 is 14.6 Å². The average Bonchev–Trinajstić information content (AvgIpc) is 2.07. The minimum atomic E-state index is -0.331. The van der Waals surface area contributed by atoms with Crippen LogP contribution in [-0.4, -0.2) is 11.9 Å². The van der Waals surface area contributed by atoms with Crippen LogP contribution < -0.4 is 9.47 Å². The first kappa shape index (κ1) is 7.88. The lowest BCUT2D eigenvalue weighted by Crippen LogP contribution is -1.93. The van der Waals surface area contributed by atoms with E-state index in [0.29, 0.717) is 11.5 Å². The van der Waals surface area contributed by atoms with Crippen LogP contribution in [0.5, 0.6) is 11.5 Å². The second-order valence-corrected chi connectivity index (χ2v) is 1.86. The number of hydrogen-bond acceptors (Lipinski definition) is 3. The number of rotatable bonds is 3. The predicted octanol–water partition coefficient (Wildman–Crippen LogP) is 1.06. The Balaban J connectivity index is 2.66. The number of hydrogen-bond donors (Lipinski definition) is 1. The van der Waals surface area contributed by atoms with Crippen molar-refractivity contribution in [1.82, 2.24) is 0 Å². The van der Waals surface area contributed by atoms with E-state index in [4.69, 9.17) is 17.0 Å². The van der Waals surface area contributed by atoms with Crippen LogP contribution in [-0.2, 0) is 0 Å². The molecule has 1 N–H and O–H groups in total. The lowest BCUT2D eigenvalue weighted by molar-refractivity contribution is 0.0985. The summed E-state index contributed by atoms with van der Waals surface area (Å²) in [4.78, 5) is 0. The van der Waals surface area contributed by atoms with Crippen LogP contribution in [0.3, 0.4) is 0 Å². The standard InChI is InChI=1S/C8H8O3/c1-10-7-2-4-8(5-3-7)11-6-9/h1-5,9H,6H2. The second kappa shape index (κ2) is 3.83. The maximum atomic E-state index is 8.37. The minimum Gasteiger partial charge on any atom is -0.482 e. The Labute approximate surface area is 65.2 Å². The fourth-order valence-corrected chi connectivity index (χ4v) is 0.689. The predicted molar refractivity (Wildman–Crippen MR) is 39.1 cm³/mol. The van der Waals surface area contributed by atoms with Crippen molar-refractivity contribution in [3.63, 3.8) is 0 Å². The third kappa shape index (κ3) is 2.13. The zero-order valence-corrected chi connectivity index (χ0v) is 5.86. The van der Waals surface area contributed by atoms with Gasteiger partial charge in [0.2, 0.25) is 0 Å². The molecule has 2 radical (unpaired) electrons. The topological polar surface area (TPSA) is 38.7 Å². The SMILES string of the molecule is [CH]Oc1ccc(OCO)cc1. The molecule has 1 aromatic rings. The molecule has 0 fully saturated rings. The zero-order valence-electron chi connectivity index (χ0n) is 5.86. The van der Waals surface area contributed by atoms with Gasteiger partial charge in [0.25, 0.3) is 0 Å². The van der Waals surface area contributed by atoms with E-state index < -0.39 is 0 Å². The van der Waals surface area contributed by atoms with E-state index in [9.17, 15) is 0 Å². The van der Waals surface area contributed by atoms with Gasteiger partial charge in [-0.15, -0.1) is 0 Å². The number of ether oxygens (including phenoxy) is 2. The Bertz CT molecular complexity index is 205. The summed E-state index contributed by atoms with van der Waals surface area (Å²) in [6.07, 6.45) is 0. The van der Waals surface area contributed by atoms with Crippen molar-refractivity contribution in [2.24, 2.45) is 0 Å². The number of aliphatic hydroxyl groups excluding tert-OH is 1. The summed E-state index contributed by atoms with van der Waals surface area (Å²) >= 11 is 0. The lowest BCUT2D eigenvalue weighted by atomic mass is 10.3. The summed E-state index contributed by atoms with van der Waals surface area (Å²) in [5.74, 6) is 1.13. The van der Waals surface area contributed by atoms with Crippen LogP contribution in [0, 0.1) is 7.11 Å². The molecule has 0 heterocycles. The molecule has 3 nitrogen and oxygen atoms in total. The maximum Gasteiger partial charge on any atom is 0.186 e. The molecular formula is C8H8O3. The highest BCUT2D eigenvalue weighted by Crippen LogP contribution is 2.16. The first-order valence-corrected chi connectivity index (χ1v) is 3.07. The normalized spacial score (nSPS) is 9.27. The van der Waals surface area contributed by atoms with Crippen molar-refractivity contribution in [2.75, 3.05) is 6.79 Å². The van der Waals surface area contributed by atoms with Crippen LogP contribution in [0.25, 0.3) is 0 Å². The Hall–Kier alpha value is -1.22. The van der Waals surface area contributed by atoms with E-state index >= 15 is 0 Å². The summed E-state index contributed by atoms with van der Waals surface area (Å²) < 4.78 is 9.19. The van der Waals surface area contributed by atoms with Crippen molar-refractivity contribution in [3.8, 4) is 11.5 Å². The second-order valence-electron chi connectivity index (χ2n) is 1.86. The van der Waals surface area contributed by atoms with Crippen molar-refractivity contribution in [3.05, 3.63) is 31.4 Å². The third-order valence-corrected chi connectivity index (χ3v) is 1.19. The third-order valence-electron chi connectivity index (χ3n) is 1.19. The average molecular weight is 152 g/mol. The Morgan fingerprint density at radius 1 is 1.18 bits per heavy atom. The molecule has 0 bridgehead atoms. The Kier molecular flexibility index (Phi) is 2.74. The van der Waals surface area contributed by atoms with Crippen LogP contribution in [0.2, 0.25) is 0 Å². The molecule has 3 heteroatoms. The summed E-state index contributed by atoms with van der Waals surface area (Å²) in [5.41, 5.74) is 0. The molecule has 0 spiro atoms.